The van der Waals surface area contributed by atoms with Crippen molar-refractivity contribution in [1.29, 1.82) is 0 Å². The molecule has 1 fully saturated rings. The van der Waals surface area contributed by atoms with Gasteiger partial charge >= 0.3 is 0 Å². The van der Waals surface area contributed by atoms with Gasteiger partial charge in [-0.1, -0.05) is 11.6 Å². The highest BCUT2D eigenvalue weighted by atomic mass is 35.5. The zero-order valence-electron chi connectivity index (χ0n) is 12.1. The maximum Gasteiger partial charge on any atom is 0.226 e. The van der Waals surface area contributed by atoms with Gasteiger partial charge in [-0.3, -0.25) is 4.79 Å². The number of anilines is 1. The van der Waals surface area contributed by atoms with Crippen molar-refractivity contribution in [2.24, 2.45) is 10.2 Å². The molecular weight excluding hydrogens is 288 g/mol. The van der Waals surface area contributed by atoms with E-state index >= 15 is 0 Å². The molecule has 112 valence electrons. The minimum absolute atomic E-state index is 0.133. The summed E-state index contributed by atoms with van der Waals surface area (Å²) in [6.07, 6.45) is 3.71. The minimum atomic E-state index is -0.702. The zero-order valence-corrected chi connectivity index (χ0v) is 12.9. The van der Waals surface area contributed by atoms with Gasteiger partial charge in [0.1, 0.15) is 5.69 Å². The SMILES string of the molecule is CC1(CC(=O)N2CCCCC2)N=Nc2ccc(Cl)cc2N1. The van der Waals surface area contributed by atoms with Crippen LogP contribution >= 0.6 is 11.6 Å². The molecule has 3 rings (SSSR count). The van der Waals surface area contributed by atoms with Crippen molar-refractivity contribution < 1.29 is 4.79 Å². The molecule has 2 aliphatic heterocycles. The van der Waals surface area contributed by atoms with Crippen LogP contribution in [0.25, 0.3) is 0 Å². The van der Waals surface area contributed by atoms with E-state index in [1.165, 1.54) is 6.42 Å². The van der Waals surface area contributed by atoms with Crippen LogP contribution in [-0.4, -0.2) is 29.6 Å². The van der Waals surface area contributed by atoms with E-state index in [4.69, 9.17) is 11.6 Å². The predicted octanol–water partition coefficient (Wildman–Crippen LogP) is 3.97. The summed E-state index contributed by atoms with van der Waals surface area (Å²) < 4.78 is 0. The van der Waals surface area contributed by atoms with Crippen molar-refractivity contribution in [1.82, 2.24) is 4.90 Å². The highest BCUT2D eigenvalue weighted by Gasteiger charge is 2.33. The number of azo groups is 1. The minimum Gasteiger partial charge on any atom is -0.358 e. The Morgan fingerprint density at radius 3 is 2.90 bits per heavy atom. The van der Waals surface area contributed by atoms with Gasteiger partial charge in [0, 0.05) is 18.1 Å². The van der Waals surface area contributed by atoms with Crippen LogP contribution in [0, 0.1) is 0 Å². The highest BCUT2D eigenvalue weighted by Crippen LogP contribution is 2.37. The number of benzene rings is 1. The topological polar surface area (TPSA) is 57.1 Å². The molecule has 5 nitrogen and oxygen atoms in total. The second-order valence-corrected chi connectivity index (χ2v) is 6.31. The summed E-state index contributed by atoms with van der Waals surface area (Å²) in [5.41, 5.74) is 0.875. The van der Waals surface area contributed by atoms with Crippen molar-refractivity contribution in [2.75, 3.05) is 18.4 Å². The number of hydrogen-bond acceptors (Lipinski definition) is 4. The number of hydrogen-bond donors (Lipinski definition) is 1. The predicted molar refractivity (Wildman–Crippen MR) is 83.0 cm³/mol. The fraction of sp³-hybridized carbons (Fsp3) is 0.533. The lowest BCUT2D eigenvalue weighted by atomic mass is 10.0. The first kappa shape index (κ1) is 14.3. The third kappa shape index (κ3) is 3.18. The third-order valence-corrected chi connectivity index (χ3v) is 4.18. The lowest BCUT2D eigenvalue weighted by Crippen LogP contribution is -2.43. The first-order valence-corrected chi connectivity index (χ1v) is 7.72. The van der Waals surface area contributed by atoms with Crippen LogP contribution in [0.5, 0.6) is 0 Å². The second-order valence-electron chi connectivity index (χ2n) is 5.88. The molecule has 1 saturated heterocycles. The molecule has 0 spiro atoms. The van der Waals surface area contributed by atoms with Crippen molar-refractivity contribution in [3.63, 3.8) is 0 Å². The molecule has 2 heterocycles. The van der Waals surface area contributed by atoms with E-state index < -0.39 is 5.66 Å². The molecule has 1 amide bonds. The fourth-order valence-electron chi connectivity index (χ4n) is 2.80. The maximum absolute atomic E-state index is 12.4. The summed E-state index contributed by atoms with van der Waals surface area (Å²) in [5, 5.41) is 12.4. The third-order valence-electron chi connectivity index (χ3n) is 3.95. The molecule has 1 N–H and O–H groups in total. The first-order chi connectivity index (χ1) is 10.1. The lowest BCUT2D eigenvalue weighted by molar-refractivity contribution is -0.133. The molecule has 1 unspecified atom stereocenters. The zero-order chi connectivity index (χ0) is 14.9. The van der Waals surface area contributed by atoms with Crippen LogP contribution < -0.4 is 5.32 Å². The van der Waals surface area contributed by atoms with Crippen LogP contribution in [0.2, 0.25) is 5.02 Å². The Kier molecular flexibility index (Phi) is 3.85. The number of nitrogens with zero attached hydrogens (tertiary/aromatic N) is 3. The van der Waals surface area contributed by atoms with Gasteiger partial charge in [0.15, 0.2) is 5.66 Å². The first-order valence-electron chi connectivity index (χ1n) is 7.34. The summed E-state index contributed by atoms with van der Waals surface area (Å²) in [6, 6.07) is 5.42. The van der Waals surface area contributed by atoms with Crippen LogP contribution in [0.15, 0.2) is 28.4 Å². The fourth-order valence-corrected chi connectivity index (χ4v) is 2.98. The average molecular weight is 307 g/mol. The Morgan fingerprint density at radius 2 is 2.14 bits per heavy atom. The van der Waals surface area contributed by atoms with Gasteiger partial charge in [-0.05, 0) is 44.4 Å². The van der Waals surface area contributed by atoms with Crippen molar-refractivity contribution in [3.8, 4) is 0 Å². The quantitative estimate of drug-likeness (QED) is 0.899. The van der Waals surface area contributed by atoms with E-state index in [0.29, 0.717) is 11.4 Å². The largest absolute Gasteiger partial charge is 0.358 e. The summed E-state index contributed by atoms with van der Waals surface area (Å²) in [5.74, 6) is 0.133. The molecular formula is C15H19ClN4O. The normalized spacial score (nSPS) is 24.4. The Hall–Kier alpha value is -1.62. The van der Waals surface area contributed by atoms with Gasteiger partial charge < -0.3 is 10.2 Å². The molecule has 0 bridgehead atoms. The molecule has 0 aliphatic carbocycles. The Labute approximate surface area is 129 Å². The van der Waals surface area contributed by atoms with E-state index in [1.807, 2.05) is 24.0 Å². The molecule has 0 aromatic heterocycles. The number of fused-ring (bicyclic) bond motifs is 1. The average Bonchev–Trinajstić information content (AvgIpc) is 2.47. The Morgan fingerprint density at radius 1 is 1.38 bits per heavy atom. The maximum atomic E-state index is 12.4. The summed E-state index contributed by atoms with van der Waals surface area (Å²) >= 11 is 6.01. The number of rotatable bonds is 2. The van der Waals surface area contributed by atoms with Gasteiger partial charge in [0.25, 0.3) is 0 Å². The second kappa shape index (κ2) is 5.64. The monoisotopic (exact) mass is 306 g/mol. The van der Waals surface area contributed by atoms with E-state index in [-0.39, 0.29) is 5.91 Å². The number of amides is 1. The number of carbonyl (C=O) groups is 1. The summed E-state index contributed by atoms with van der Waals surface area (Å²) in [7, 11) is 0. The molecule has 1 aromatic rings. The van der Waals surface area contributed by atoms with Crippen LogP contribution in [0.4, 0.5) is 11.4 Å². The molecule has 0 saturated carbocycles. The van der Waals surface area contributed by atoms with Gasteiger partial charge in [-0.15, -0.1) is 0 Å². The highest BCUT2D eigenvalue weighted by molar-refractivity contribution is 6.31. The van der Waals surface area contributed by atoms with Crippen LogP contribution in [0.1, 0.15) is 32.6 Å². The van der Waals surface area contributed by atoms with Gasteiger partial charge in [-0.2, -0.15) is 10.2 Å². The summed E-state index contributed by atoms with van der Waals surface area (Å²) in [6.45, 7) is 3.60. The number of carbonyl (C=O) groups excluding carboxylic acids is 1. The van der Waals surface area contributed by atoms with Crippen molar-refractivity contribution >= 4 is 28.9 Å². The van der Waals surface area contributed by atoms with Crippen molar-refractivity contribution in [3.05, 3.63) is 23.2 Å². The van der Waals surface area contributed by atoms with E-state index in [2.05, 4.69) is 15.5 Å². The van der Waals surface area contributed by atoms with Crippen molar-refractivity contribution in [2.45, 2.75) is 38.3 Å². The van der Waals surface area contributed by atoms with E-state index in [0.717, 1.165) is 37.3 Å². The summed E-state index contributed by atoms with van der Waals surface area (Å²) in [4.78, 5) is 14.3. The molecule has 1 aromatic carbocycles. The number of likely N-dealkylation sites (tertiary alicyclic amines) is 1. The van der Waals surface area contributed by atoms with Gasteiger partial charge in [0.2, 0.25) is 5.91 Å². The Bertz CT molecular complexity index is 583. The van der Waals surface area contributed by atoms with Crippen LogP contribution in [-0.2, 0) is 4.79 Å². The van der Waals surface area contributed by atoms with Gasteiger partial charge in [0.05, 0.1) is 12.1 Å². The Balaban J connectivity index is 1.72. The molecule has 0 radical (unpaired) electrons. The smallest absolute Gasteiger partial charge is 0.226 e. The molecule has 2 aliphatic rings. The molecule has 6 heteroatoms. The lowest BCUT2D eigenvalue weighted by Gasteiger charge is -2.33. The number of piperidine rings is 1. The van der Waals surface area contributed by atoms with E-state index in [9.17, 15) is 4.79 Å². The van der Waals surface area contributed by atoms with Crippen LogP contribution in [0.3, 0.4) is 0 Å². The standard InChI is InChI=1S/C15H19ClN4O/c1-15(10-14(21)20-7-3-2-4-8-20)17-13-9-11(16)5-6-12(13)18-19-15/h5-6,9,17H,2-4,7-8,10H2,1H3. The number of nitrogens with one attached hydrogen (secondary N) is 1. The molecule has 1 atom stereocenters. The van der Waals surface area contributed by atoms with E-state index in [1.54, 1.807) is 6.07 Å². The number of halogens is 1. The van der Waals surface area contributed by atoms with Gasteiger partial charge in [-0.25, -0.2) is 0 Å². The molecule has 21 heavy (non-hydrogen) atoms.